The Balaban J connectivity index is 1.53. The Morgan fingerprint density at radius 3 is 2.89 bits per heavy atom. The zero-order chi connectivity index (χ0) is 13.2. The molecule has 2 aromatic rings. The van der Waals surface area contributed by atoms with Crippen molar-refractivity contribution in [2.24, 2.45) is 7.05 Å². The van der Waals surface area contributed by atoms with Gasteiger partial charge in [-0.25, -0.2) is 4.68 Å². The highest BCUT2D eigenvalue weighted by Crippen LogP contribution is 2.22. The molecule has 0 aromatic carbocycles. The standard InChI is InChI=1S/C14H19N3OS/c1-10-7-14(17(2)16-10)18-9-13-6-5-12(19-13)8-15-11-3-4-11/h5-7,11,15H,3-4,8-9H2,1-2H3. The van der Waals surface area contributed by atoms with Crippen LogP contribution in [0.1, 0.15) is 28.3 Å². The summed E-state index contributed by atoms with van der Waals surface area (Å²) in [5, 5.41) is 7.80. The maximum Gasteiger partial charge on any atom is 0.212 e. The third-order valence-corrected chi connectivity index (χ3v) is 4.24. The number of aromatic nitrogens is 2. The Kier molecular flexibility index (Phi) is 3.57. The summed E-state index contributed by atoms with van der Waals surface area (Å²) >= 11 is 1.82. The van der Waals surface area contributed by atoms with Crippen molar-refractivity contribution in [1.82, 2.24) is 15.1 Å². The molecular formula is C14H19N3OS. The van der Waals surface area contributed by atoms with Crippen LogP contribution in [0.25, 0.3) is 0 Å². The lowest BCUT2D eigenvalue weighted by atomic mass is 10.4. The number of nitrogens with one attached hydrogen (secondary N) is 1. The van der Waals surface area contributed by atoms with Crippen LogP contribution in [-0.2, 0) is 20.2 Å². The molecule has 2 aromatic heterocycles. The highest BCUT2D eigenvalue weighted by atomic mass is 32.1. The van der Waals surface area contributed by atoms with Crippen molar-refractivity contribution in [3.63, 3.8) is 0 Å². The Morgan fingerprint density at radius 2 is 2.21 bits per heavy atom. The van der Waals surface area contributed by atoms with E-state index in [1.165, 1.54) is 22.6 Å². The third kappa shape index (κ3) is 3.36. The van der Waals surface area contributed by atoms with E-state index in [0.717, 1.165) is 24.2 Å². The summed E-state index contributed by atoms with van der Waals surface area (Å²) in [6.45, 7) is 3.58. The minimum absolute atomic E-state index is 0.618. The maximum absolute atomic E-state index is 5.79. The van der Waals surface area contributed by atoms with Gasteiger partial charge in [0.2, 0.25) is 5.88 Å². The molecule has 0 radical (unpaired) electrons. The summed E-state index contributed by atoms with van der Waals surface area (Å²) in [6, 6.07) is 7.06. The topological polar surface area (TPSA) is 39.1 Å². The molecule has 0 saturated heterocycles. The average Bonchev–Trinajstić information content (AvgIpc) is 3.01. The summed E-state index contributed by atoms with van der Waals surface area (Å²) in [5.41, 5.74) is 0.984. The monoisotopic (exact) mass is 277 g/mol. The summed E-state index contributed by atoms with van der Waals surface area (Å²) in [4.78, 5) is 2.64. The molecule has 0 unspecified atom stereocenters. The van der Waals surface area contributed by atoms with E-state index in [0.29, 0.717) is 6.61 Å². The third-order valence-electron chi connectivity index (χ3n) is 3.18. The molecule has 0 atom stereocenters. The first-order valence-electron chi connectivity index (χ1n) is 6.65. The van der Waals surface area contributed by atoms with E-state index in [9.17, 15) is 0 Å². The number of nitrogens with zero attached hydrogens (tertiary/aromatic N) is 2. The summed E-state index contributed by atoms with van der Waals surface area (Å²) in [5.74, 6) is 0.823. The first-order valence-corrected chi connectivity index (χ1v) is 7.47. The van der Waals surface area contributed by atoms with Gasteiger partial charge in [-0.1, -0.05) is 0 Å². The average molecular weight is 277 g/mol. The highest BCUT2D eigenvalue weighted by Gasteiger charge is 2.20. The second kappa shape index (κ2) is 5.35. The van der Waals surface area contributed by atoms with Gasteiger partial charge in [-0.15, -0.1) is 11.3 Å². The fourth-order valence-corrected chi connectivity index (χ4v) is 2.88. The highest BCUT2D eigenvalue weighted by molar-refractivity contribution is 7.11. The van der Waals surface area contributed by atoms with Crippen LogP contribution in [0, 0.1) is 6.92 Å². The van der Waals surface area contributed by atoms with E-state index in [2.05, 4.69) is 22.5 Å². The molecule has 0 spiro atoms. The van der Waals surface area contributed by atoms with Gasteiger partial charge in [0.1, 0.15) is 6.61 Å². The van der Waals surface area contributed by atoms with Crippen LogP contribution in [0.2, 0.25) is 0 Å². The second-order valence-corrected chi connectivity index (χ2v) is 6.31. The van der Waals surface area contributed by atoms with Crippen LogP contribution >= 0.6 is 11.3 Å². The number of rotatable bonds is 6. The van der Waals surface area contributed by atoms with Crippen LogP contribution in [0.5, 0.6) is 5.88 Å². The SMILES string of the molecule is Cc1cc(OCc2ccc(CNC3CC3)s2)n(C)n1. The molecule has 1 N–H and O–H groups in total. The molecule has 19 heavy (non-hydrogen) atoms. The second-order valence-electron chi connectivity index (χ2n) is 5.06. The Hall–Kier alpha value is -1.33. The van der Waals surface area contributed by atoms with E-state index in [1.807, 2.05) is 31.4 Å². The van der Waals surface area contributed by atoms with Gasteiger partial charge in [-0.2, -0.15) is 5.10 Å². The van der Waals surface area contributed by atoms with Crippen molar-refractivity contribution < 1.29 is 4.74 Å². The fraction of sp³-hybridized carbons (Fsp3) is 0.500. The minimum atomic E-state index is 0.618. The van der Waals surface area contributed by atoms with E-state index in [4.69, 9.17) is 4.74 Å². The summed E-state index contributed by atoms with van der Waals surface area (Å²) < 4.78 is 7.56. The number of hydrogen-bond acceptors (Lipinski definition) is 4. The number of ether oxygens (including phenoxy) is 1. The van der Waals surface area contributed by atoms with Crippen LogP contribution < -0.4 is 10.1 Å². The summed E-state index contributed by atoms with van der Waals surface area (Å²) in [7, 11) is 1.90. The molecule has 1 aliphatic rings. The first-order chi connectivity index (χ1) is 9.20. The van der Waals surface area contributed by atoms with E-state index in [-0.39, 0.29) is 0 Å². The van der Waals surface area contributed by atoms with Crippen LogP contribution in [0.3, 0.4) is 0 Å². The molecule has 1 fully saturated rings. The molecule has 0 aliphatic heterocycles. The molecule has 1 saturated carbocycles. The molecule has 5 heteroatoms. The Morgan fingerprint density at radius 1 is 1.42 bits per heavy atom. The maximum atomic E-state index is 5.79. The van der Waals surface area contributed by atoms with Gasteiger partial charge in [-0.05, 0) is 31.9 Å². The van der Waals surface area contributed by atoms with Gasteiger partial charge in [0.15, 0.2) is 0 Å². The van der Waals surface area contributed by atoms with E-state index >= 15 is 0 Å². The fourth-order valence-electron chi connectivity index (χ4n) is 1.99. The smallest absolute Gasteiger partial charge is 0.212 e. The predicted molar refractivity (Wildman–Crippen MR) is 76.5 cm³/mol. The van der Waals surface area contributed by atoms with Crippen molar-refractivity contribution in [3.05, 3.63) is 33.6 Å². The zero-order valence-electron chi connectivity index (χ0n) is 11.3. The van der Waals surface area contributed by atoms with Gasteiger partial charge >= 0.3 is 0 Å². The molecule has 0 bridgehead atoms. The van der Waals surface area contributed by atoms with Gasteiger partial charge < -0.3 is 10.1 Å². The van der Waals surface area contributed by atoms with Crippen molar-refractivity contribution in [2.75, 3.05) is 0 Å². The van der Waals surface area contributed by atoms with Crippen molar-refractivity contribution in [3.8, 4) is 5.88 Å². The van der Waals surface area contributed by atoms with E-state index in [1.54, 1.807) is 4.68 Å². The Labute approximate surface area is 117 Å². The molecule has 102 valence electrons. The number of hydrogen-bond donors (Lipinski definition) is 1. The van der Waals surface area contributed by atoms with Crippen molar-refractivity contribution in [2.45, 2.75) is 39.0 Å². The van der Waals surface area contributed by atoms with Crippen molar-refractivity contribution >= 4 is 11.3 Å². The first kappa shape index (κ1) is 12.7. The lowest BCUT2D eigenvalue weighted by Gasteiger charge is -2.03. The van der Waals surface area contributed by atoms with Crippen LogP contribution in [-0.4, -0.2) is 15.8 Å². The number of aryl methyl sites for hydroxylation is 2. The van der Waals surface area contributed by atoms with Gasteiger partial charge in [0, 0.05) is 35.5 Å². The quantitative estimate of drug-likeness (QED) is 0.882. The Bertz CT molecular complexity index is 557. The van der Waals surface area contributed by atoms with Crippen molar-refractivity contribution in [1.29, 1.82) is 0 Å². The predicted octanol–water partition coefficient (Wildman–Crippen LogP) is 2.62. The molecule has 2 heterocycles. The molecule has 3 rings (SSSR count). The molecule has 1 aliphatic carbocycles. The van der Waals surface area contributed by atoms with Crippen LogP contribution in [0.4, 0.5) is 0 Å². The zero-order valence-corrected chi connectivity index (χ0v) is 12.2. The van der Waals surface area contributed by atoms with Gasteiger partial charge in [0.05, 0.1) is 5.69 Å². The molecular weight excluding hydrogens is 258 g/mol. The van der Waals surface area contributed by atoms with Crippen LogP contribution in [0.15, 0.2) is 18.2 Å². The van der Waals surface area contributed by atoms with Gasteiger partial charge in [0.25, 0.3) is 0 Å². The molecule has 0 amide bonds. The normalized spacial score (nSPS) is 14.8. The molecule has 4 nitrogen and oxygen atoms in total. The van der Waals surface area contributed by atoms with Gasteiger partial charge in [-0.3, -0.25) is 0 Å². The summed E-state index contributed by atoms with van der Waals surface area (Å²) in [6.07, 6.45) is 2.67. The number of thiophene rings is 1. The minimum Gasteiger partial charge on any atom is -0.472 e. The van der Waals surface area contributed by atoms with E-state index < -0.39 is 0 Å². The lowest BCUT2D eigenvalue weighted by Crippen LogP contribution is -2.14. The largest absolute Gasteiger partial charge is 0.472 e. The lowest BCUT2D eigenvalue weighted by molar-refractivity contribution is 0.282.